The van der Waals surface area contributed by atoms with Crippen LogP contribution in [-0.4, -0.2) is 81.0 Å². The minimum Gasteiger partial charge on any atom is -0.508 e. The number of carboxylic acid groups (broad SMARTS) is 1. The van der Waals surface area contributed by atoms with Gasteiger partial charge < -0.3 is 42.6 Å². The summed E-state index contributed by atoms with van der Waals surface area (Å²) in [4.78, 5) is 66.1. The molecular weight excluding hydrogens is 576 g/mol. The number of carbonyl (C=O) groups excluding carboxylic acids is 4. The summed E-state index contributed by atoms with van der Waals surface area (Å²) in [7, 11) is 0. The van der Waals surface area contributed by atoms with E-state index in [0.29, 0.717) is 16.9 Å². The highest BCUT2D eigenvalue weighted by molar-refractivity contribution is 7.98. The summed E-state index contributed by atoms with van der Waals surface area (Å²) in [5.41, 5.74) is 13.1. The molecule has 43 heavy (non-hydrogen) atoms. The second kappa shape index (κ2) is 15.6. The number of fused-ring (bicyclic) bond motifs is 1. The summed E-state index contributed by atoms with van der Waals surface area (Å²) in [6.45, 7) is 0. The largest absolute Gasteiger partial charge is 0.508 e. The molecule has 230 valence electrons. The molecule has 0 bridgehead atoms. The molecule has 0 saturated heterocycles. The van der Waals surface area contributed by atoms with Crippen LogP contribution in [0.1, 0.15) is 24.0 Å². The Morgan fingerprint density at radius 1 is 0.884 bits per heavy atom. The Labute approximate surface area is 252 Å². The number of carboxylic acids is 1. The van der Waals surface area contributed by atoms with E-state index < -0.39 is 60.2 Å². The number of phenols is 1. The van der Waals surface area contributed by atoms with E-state index >= 15 is 0 Å². The maximum atomic E-state index is 13.6. The number of benzene rings is 2. The average molecular weight is 613 g/mol. The summed E-state index contributed by atoms with van der Waals surface area (Å²) < 4.78 is 0. The Morgan fingerprint density at radius 3 is 2.16 bits per heavy atom. The van der Waals surface area contributed by atoms with Gasteiger partial charge in [0.15, 0.2) is 0 Å². The number of phenolic OH excluding ortho intramolecular Hbond substituents is 1. The summed E-state index contributed by atoms with van der Waals surface area (Å²) in [6.07, 6.45) is 3.26. The van der Waals surface area contributed by atoms with Gasteiger partial charge in [-0.3, -0.25) is 19.2 Å². The van der Waals surface area contributed by atoms with Gasteiger partial charge in [-0.15, -0.1) is 0 Å². The predicted octanol–water partition coefficient (Wildman–Crippen LogP) is 0.154. The zero-order chi connectivity index (χ0) is 31.5. The fourth-order valence-corrected chi connectivity index (χ4v) is 4.91. The van der Waals surface area contributed by atoms with Crippen molar-refractivity contribution < 1.29 is 34.2 Å². The van der Waals surface area contributed by atoms with Crippen LogP contribution in [0.25, 0.3) is 10.9 Å². The van der Waals surface area contributed by atoms with E-state index in [1.807, 2.05) is 30.5 Å². The number of thioether (sulfide) groups is 1. The first-order chi connectivity index (χ1) is 20.5. The van der Waals surface area contributed by atoms with E-state index in [-0.39, 0.29) is 25.0 Å². The number of H-pyrrole nitrogens is 1. The third kappa shape index (κ3) is 9.75. The van der Waals surface area contributed by atoms with Gasteiger partial charge in [-0.2, -0.15) is 11.8 Å². The van der Waals surface area contributed by atoms with Gasteiger partial charge in [0.2, 0.25) is 23.6 Å². The number of aromatic hydroxyl groups is 1. The Balaban J connectivity index is 1.81. The molecule has 0 spiro atoms. The number of hydrogen-bond donors (Lipinski definition) is 8. The van der Waals surface area contributed by atoms with Crippen molar-refractivity contribution in [2.24, 2.45) is 11.5 Å². The van der Waals surface area contributed by atoms with E-state index in [2.05, 4.69) is 20.9 Å². The highest BCUT2D eigenvalue weighted by atomic mass is 32.2. The number of amides is 4. The van der Waals surface area contributed by atoms with Gasteiger partial charge in [-0.1, -0.05) is 30.3 Å². The Bertz CT molecular complexity index is 1440. The zero-order valence-corrected chi connectivity index (χ0v) is 24.4. The van der Waals surface area contributed by atoms with Crippen LogP contribution in [0.15, 0.2) is 54.7 Å². The molecule has 13 nitrogen and oxygen atoms in total. The Kier molecular flexibility index (Phi) is 12.0. The van der Waals surface area contributed by atoms with E-state index in [1.54, 1.807) is 18.3 Å². The highest BCUT2D eigenvalue weighted by Gasteiger charge is 2.31. The number of hydrogen-bond acceptors (Lipinski definition) is 8. The molecule has 0 fully saturated rings. The van der Waals surface area contributed by atoms with Gasteiger partial charge in [0, 0.05) is 29.9 Å². The summed E-state index contributed by atoms with van der Waals surface area (Å²) in [5, 5.41) is 27.8. The quantitative estimate of drug-likeness (QED) is 0.110. The first kappa shape index (κ1) is 32.9. The number of nitrogens with two attached hydrogens (primary N) is 2. The first-order valence-corrected chi connectivity index (χ1v) is 14.9. The summed E-state index contributed by atoms with van der Waals surface area (Å²) in [6, 6.07) is 8.39. The second-order valence-corrected chi connectivity index (χ2v) is 11.0. The number of aromatic amines is 1. The van der Waals surface area contributed by atoms with E-state index in [4.69, 9.17) is 11.5 Å². The van der Waals surface area contributed by atoms with Crippen molar-refractivity contribution in [3.63, 3.8) is 0 Å². The maximum Gasteiger partial charge on any atom is 0.326 e. The molecule has 3 aromatic rings. The van der Waals surface area contributed by atoms with Crippen molar-refractivity contribution in [3.05, 3.63) is 65.9 Å². The molecule has 0 radical (unpaired) electrons. The van der Waals surface area contributed by atoms with Crippen LogP contribution >= 0.6 is 11.8 Å². The molecule has 10 N–H and O–H groups in total. The van der Waals surface area contributed by atoms with Crippen LogP contribution in [0, 0.1) is 0 Å². The molecule has 4 amide bonds. The highest BCUT2D eigenvalue weighted by Crippen LogP contribution is 2.19. The minimum absolute atomic E-state index is 0.0179. The minimum atomic E-state index is -1.31. The molecular formula is C29H36N6O7S. The molecule has 2 aromatic carbocycles. The van der Waals surface area contributed by atoms with Gasteiger partial charge in [-0.05, 0) is 47.8 Å². The maximum absolute atomic E-state index is 13.6. The number of aliphatic carboxylic acids is 1. The van der Waals surface area contributed by atoms with Crippen molar-refractivity contribution in [1.82, 2.24) is 20.9 Å². The Morgan fingerprint density at radius 2 is 1.51 bits per heavy atom. The molecule has 1 aromatic heterocycles. The fourth-order valence-electron chi connectivity index (χ4n) is 4.43. The lowest BCUT2D eigenvalue weighted by Crippen LogP contribution is -2.58. The standard InChI is InChI=1S/C29H36N6O7S/c1-43-11-10-22(27(39)35-24(29(41)42)12-16-6-8-18(36)9-7-16)33-28(40)23(34-26(38)20(30)14-25(31)37)13-17-15-32-21-5-3-2-4-19(17)21/h2-9,15,20,22-24,32,36H,10-14,30H2,1H3,(H2,31,37)(H,33,40)(H,34,38)(H,35,39)(H,41,42). The Hall–Kier alpha value is -4.56. The van der Waals surface area contributed by atoms with E-state index in [9.17, 15) is 34.2 Å². The van der Waals surface area contributed by atoms with Gasteiger partial charge in [0.25, 0.3) is 0 Å². The average Bonchev–Trinajstić information content (AvgIpc) is 3.37. The second-order valence-electron chi connectivity index (χ2n) is 10.0. The van der Waals surface area contributed by atoms with Crippen LogP contribution in [0.2, 0.25) is 0 Å². The van der Waals surface area contributed by atoms with Crippen molar-refractivity contribution >= 4 is 52.3 Å². The molecule has 0 aliphatic carbocycles. The SMILES string of the molecule is CSCCC(NC(=O)C(Cc1c[nH]c2ccccc12)NC(=O)C(N)CC(N)=O)C(=O)NC(Cc1ccc(O)cc1)C(=O)O. The predicted molar refractivity (Wildman–Crippen MR) is 162 cm³/mol. The van der Waals surface area contributed by atoms with Crippen LogP contribution in [0.5, 0.6) is 5.75 Å². The lowest BCUT2D eigenvalue weighted by molar-refractivity contribution is -0.142. The molecule has 3 rings (SSSR count). The lowest BCUT2D eigenvalue weighted by Gasteiger charge is -2.25. The topological polar surface area (TPSA) is 230 Å². The third-order valence-corrected chi connectivity index (χ3v) is 7.37. The van der Waals surface area contributed by atoms with Crippen molar-refractivity contribution in [2.75, 3.05) is 12.0 Å². The summed E-state index contributed by atoms with van der Waals surface area (Å²) >= 11 is 1.43. The van der Waals surface area contributed by atoms with Crippen LogP contribution in [0.3, 0.4) is 0 Å². The van der Waals surface area contributed by atoms with E-state index in [1.165, 1.54) is 23.9 Å². The smallest absolute Gasteiger partial charge is 0.326 e. The fraction of sp³-hybridized carbons (Fsp3) is 0.345. The summed E-state index contributed by atoms with van der Waals surface area (Å²) in [5.74, 6) is -3.75. The van der Waals surface area contributed by atoms with Crippen LogP contribution in [0.4, 0.5) is 0 Å². The molecule has 4 atom stereocenters. The number of rotatable bonds is 16. The van der Waals surface area contributed by atoms with Crippen molar-refractivity contribution in [2.45, 2.75) is 49.9 Å². The number of primary amides is 1. The van der Waals surface area contributed by atoms with Gasteiger partial charge >= 0.3 is 5.97 Å². The molecule has 4 unspecified atom stereocenters. The zero-order valence-electron chi connectivity index (χ0n) is 23.5. The molecule has 0 saturated carbocycles. The van der Waals surface area contributed by atoms with Gasteiger partial charge in [0.05, 0.1) is 12.5 Å². The monoisotopic (exact) mass is 612 g/mol. The molecule has 0 aliphatic heterocycles. The van der Waals surface area contributed by atoms with E-state index in [0.717, 1.165) is 10.9 Å². The molecule has 14 heteroatoms. The first-order valence-electron chi connectivity index (χ1n) is 13.5. The molecule has 1 heterocycles. The van der Waals surface area contributed by atoms with Crippen LogP contribution < -0.4 is 27.4 Å². The lowest BCUT2D eigenvalue weighted by atomic mass is 10.0. The van der Waals surface area contributed by atoms with Crippen LogP contribution in [-0.2, 0) is 36.8 Å². The molecule has 0 aliphatic rings. The number of para-hydroxylation sites is 1. The van der Waals surface area contributed by atoms with Crippen molar-refractivity contribution in [3.8, 4) is 5.75 Å². The van der Waals surface area contributed by atoms with Gasteiger partial charge in [-0.25, -0.2) is 4.79 Å². The third-order valence-electron chi connectivity index (χ3n) is 6.72. The number of nitrogens with one attached hydrogen (secondary N) is 4. The van der Waals surface area contributed by atoms with Gasteiger partial charge in [0.1, 0.15) is 23.9 Å². The normalized spacial score (nSPS) is 13.8. The van der Waals surface area contributed by atoms with Crippen molar-refractivity contribution in [1.29, 1.82) is 0 Å². The number of aromatic nitrogens is 1. The number of carbonyl (C=O) groups is 5.